The molecule has 0 aliphatic carbocycles. The quantitative estimate of drug-likeness (QED) is 0.605. The lowest BCUT2D eigenvalue weighted by molar-refractivity contribution is -0.120. The van der Waals surface area contributed by atoms with Crippen molar-refractivity contribution in [2.75, 3.05) is 46.6 Å². The monoisotopic (exact) mass is 227 g/mol. The highest BCUT2D eigenvalue weighted by Gasteiger charge is 2.15. The van der Waals surface area contributed by atoms with Crippen molar-refractivity contribution in [1.29, 1.82) is 0 Å². The average molecular weight is 227 g/mol. The zero-order valence-corrected chi connectivity index (χ0v) is 10.2. The summed E-state index contributed by atoms with van der Waals surface area (Å²) < 4.78 is 10.4. The van der Waals surface area contributed by atoms with E-state index < -0.39 is 0 Å². The van der Waals surface area contributed by atoms with Crippen molar-refractivity contribution in [2.24, 2.45) is 0 Å². The van der Waals surface area contributed by atoms with E-state index >= 15 is 0 Å². The predicted molar refractivity (Wildman–Crippen MR) is 62.5 cm³/mol. The Hall–Kier alpha value is -0.710. The van der Waals surface area contributed by atoms with Crippen LogP contribution in [0.15, 0.2) is 11.6 Å². The molecule has 1 heterocycles. The van der Waals surface area contributed by atoms with Crippen LogP contribution in [0.4, 0.5) is 0 Å². The maximum atomic E-state index is 11.7. The van der Waals surface area contributed by atoms with Gasteiger partial charge >= 0.3 is 0 Å². The van der Waals surface area contributed by atoms with Crippen LogP contribution in [-0.4, -0.2) is 57.2 Å². The van der Waals surface area contributed by atoms with E-state index in [2.05, 4.69) is 4.90 Å². The Labute approximate surface area is 97.2 Å². The Morgan fingerprint density at radius 2 is 2.19 bits per heavy atom. The second-order valence-corrected chi connectivity index (χ2v) is 3.93. The van der Waals surface area contributed by atoms with Crippen LogP contribution in [-0.2, 0) is 14.3 Å². The van der Waals surface area contributed by atoms with E-state index in [0.29, 0.717) is 19.8 Å². The largest absolute Gasteiger partial charge is 0.379 e. The van der Waals surface area contributed by atoms with Crippen LogP contribution in [0.2, 0.25) is 0 Å². The van der Waals surface area contributed by atoms with Gasteiger partial charge in [0.25, 0.3) is 0 Å². The first-order chi connectivity index (χ1) is 7.74. The molecule has 0 atom stereocenters. The molecule has 0 radical (unpaired) electrons. The molecule has 1 rings (SSSR count). The van der Waals surface area contributed by atoms with Gasteiger partial charge in [0.2, 0.25) is 0 Å². The van der Waals surface area contributed by atoms with Gasteiger partial charge in [-0.3, -0.25) is 4.79 Å². The first-order valence-corrected chi connectivity index (χ1v) is 5.80. The molecule has 1 aliphatic rings. The number of ether oxygens (including phenoxy) is 2. The molecule has 4 heteroatoms. The lowest BCUT2D eigenvalue weighted by Gasteiger charge is -2.21. The summed E-state index contributed by atoms with van der Waals surface area (Å²) in [5.41, 5.74) is 0.880. The lowest BCUT2D eigenvalue weighted by atomic mass is 10.1. The zero-order chi connectivity index (χ0) is 11.8. The summed E-state index contributed by atoms with van der Waals surface area (Å²) in [7, 11) is 2.02. The smallest absolute Gasteiger partial charge is 0.185 e. The molecule has 0 fully saturated rings. The van der Waals surface area contributed by atoms with Gasteiger partial charge in [0.05, 0.1) is 13.2 Å². The highest BCUT2D eigenvalue weighted by molar-refractivity contribution is 5.96. The first-order valence-electron chi connectivity index (χ1n) is 5.80. The Morgan fingerprint density at radius 3 is 2.88 bits per heavy atom. The van der Waals surface area contributed by atoms with Gasteiger partial charge in [0, 0.05) is 25.3 Å². The number of rotatable bonds is 7. The molecule has 0 bridgehead atoms. The van der Waals surface area contributed by atoms with E-state index in [4.69, 9.17) is 9.47 Å². The number of ketones is 1. The van der Waals surface area contributed by atoms with Gasteiger partial charge in [-0.25, -0.2) is 0 Å². The minimum absolute atomic E-state index is 0.100. The van der Waals surface area contributed by atoms with Crippen molar-refractivity contribution in [2.45, 2.75) is 13.3 Å². The lowest BCUT2D eigenvalue weighted by Crippen LogP contribution is -2.30. The fourth-order valence-electron chi connectivity index (χ4n) is 1.62. The van der Waals surface area contributed by atoms with Crippen LogP contribution in [0.25, 0.3) is 0 Å². The third-order valence-electron chi connectivity index (χ3n) is 2.51. The number of hydrogen-bond donors (Lipinski definition) is 0. The molecule has 0 aromatic heterocycles. The molecule has 0 unspecified atom stereocenters. The van der Waals surface area contributed by atoms with Gasteiger partial charge < -0.3 is 14.4 Å². The SMILES string of the molecule is CCOCCOCC(=O)C1=CCCN(C)C1. The normalized spacial score (nSPS) is 17.2. The highest BCUT2D eigenvalue weighted by atomic mass is 16.5. The van der Waals surface area contributed by atoms with E-state index in [-0.39, 0.29) is 12.4 Å². The van der Waals surface area contributed by atoms with Crippen LogP contribution in [0, 0.1) is 0 Å². The fourth-order valence-corrected chi connectivity index (χ4v) is 1.62. The van der Waals surface area contributed by atoms with E-state index in [0.717, 1.165) is 25.1 Å². The standard InChI is InChI=1S/C12H21NO3/c1-3-15-7-8-16-10-12(14)11-5-4-6-13(2)9-11/h5H,3-4,6-10H2,1-2H3. The van der Waals surface area contributed by atoms with Crippen LogP contribution >= 0.6 is 0 Å². The topological polar surface area (TPSA) is 38.8 Å². The average Bonchev–Trinajstić information content (AvgIpc) is 2.28. The Bertz CT molecular complexity index is 251. The summed E-state index contributed by atoms with van der Waals surface area (Å²) >= 11 is 0. The Morgan fingerprint density at radius 1 is 1.44 bits per heavy atom. The molecular formula is C12H21NO3. The third-order valence-corrected chi connectivity index (χ3v) is 2.51. The van der Waals surface area contributed by atoms with E-state index in [1.807, 2.05) is 20.0 Å². The van der Waals surface area contributed by atoms with Crippen molar-refractivity contribution in [3.05, 3.63) is 11.6 Å². The van der Waals surface area contributed by atoms with Crippen LogP contribution in [0.5, 0.6) is 0 Å². The Balaban J connectivity index is 2.17. The number of nitrogens with zero attached hydrogens (tertiary/aromatic N) is 1. The molecule has 0 spiro atoms. The molecule has 16 heavy (non-hydrogen) atoms. The van der Waals surface area contributed by atoms with Crippen LogP contribution in [0.1, 0.15) is 13.3 Å². The minimum Gasteiger partial charge on any atom is -0.379 e. The number of hydrogen-bond acceptors (Lipinski definition) is 4. The van der Waals surface area contributed by atoms with Crippen LogP contribution < -0.4 is 0 Å². The summed E-state index contributed by atoms with van der Waals surface area (Å²) in [5, 5.41) is 0. The molecule has 4 nitrogen and oxygen atoms in total. The summed E-state index contributed by atoms with van der Waals surface area (Å²) in [6, 6.07) is 0. The zero-order valence-electron chi connectivity index (χ0n) is 10.2. The Kier molecular flexibility index (Phi) is 6.30. The van der Waals surface area contributed by atoms with Gasteiger partial charge in [0.15, 0.2) is 5.78 Å². The summed E-state index contributed by atoms with van der Waals surface area (Å²) in [4.78, 5) is 13.9. The van der Waals surface area contributed by atoms with Gasteiger partial charge in [-0.15, -0.1) is 0 Å². The molecule has 0 N–H and O–H groups in total. The maximum Gasteiger partial charge on any atom is 0.185 e. The molecule has 0 saturated heterocycles. The van der Waals surface area contributed by atoms with E-state index in [1.165, 1.54) is 0 Å². The van der Waals surface area contributed by atoms with Gasteiger partial charge in [-0.05, 0) is 20.4 Å². The van der Waals surface area contributed by atoms with E-state index in [1.54, 1.807) is 0 Å². The second-order valence-electron chi connectivity index (χ2n) is 3.93. The van der Waals surface area contributed by atoms with Gasteiger partial charge in [-0.2, -0.15) is 0 Å². The van der Waals surface area contributed by atoms with Gasteiger partial charge in [0.1, 0.15) is 6.61 Å². The molecular weight excluding hydrogens is 206 g/mol. The number of carbonyl (C=O) groups excluding carboxylic acids is 1. The fraction of sp³-hybridized carbons (Fsp3) is 0.750. The number of likely N-dealkylation sites (N-methyl/N-ethyl adjacent to an activating group) is 1. The summed E-state index contributed by atoms with van der Waals surface area (Å²) in [6.45, 7) is 5.62. The van der Waals surface area contributed by atoms with Crippen LogP contribution in [0.3, 0.4) is 0 Å². The highest BCUT2D eigenvalue weighted by Crippen LogP contribution is 2.08. The number of carbonyl (C=O) groups is 1. The van der Waals surface area contributed by atoms with Gasteiger partial charge in [-0.1, -0.05) is 6.08 Å². The van der Waals surface area contributed by atoms with Crippen molar-refractivity contribution < 1.29 is 14.3 Å². The van der Waals surface area contributed by atoms with Crippen molar-refractivity contribution in [3.63, 3.8) is 0 Å². The summed E-state index contributed by atoms with van der Waals surface area (Å²) in [5.74, 6) is 0.100. The van der Waals surface area contributed by atoms with E-state index in [9.17, 15) is 4.79 Å². The second kappa shape index (κ2) is 7.54. The number of Topliss-reactive ketones (excluding diaryl/α,β-unsaturated/α-hetero) is 1. The predicted octanol–water partition coefficient (Wildman–Crippen LogP) is 0.871. The maximum absolute atomic E-state index is 11.7. The summed E-state index contributed by atoms with van der Waals surface area (Å²) in [6.07, 6.45) is 2.98. The van der Waals surface area contributed by atoms with Crippen molar-refractivity contribution >= 4 is 5.78 Å². The third kappa shape index (κ3) is 4.88. The molecule has 0 aromatic rings. The first kappa shape index (κ1) is 13.4. The molecule has 0 saturated carbocycles. The van der Waals surface area contributed by atoms with Crippen molar-refractivity contribution in [1.82, 2.24) is 4.90 Å². The molecule has 1 aliphatic heterocycles. The molecule has 92 valence electrons. The molecule has 0 aromatic carbocycles. The minimum atomic E-state index is 0.100. The molecule has 0 amide bonds. The van der Waals surface area contributed by atoms with Crippen molar-refractivity contribution in [3.8, 4) is 0 Å².